The summed E-state index contributed by atoms with van der Waals surface area (Å²) in [6.07, 6.45) is 3.18. The van der Waals surface area contributed by atoms with Gasteiger partial charge in [-0.05, 0) is 30.0 Å². The summed E-state index contributed by atoms with van der Waals surface area (Å²) in [6, 6.07) is 7.87. The summed E-state index contributed by atoms with van der Waals surface area (Å²) in [6.45, 7) is 8.96. The van der Waals surface area contributed by atoms with Crippen LogP contribution >= 0.6 is 0 Å². The Morgan fingerprint density at radius 3 is 2.70 bits per heavy atom. The lowest BCUT2D eigenvalue weighted by Crippen LogP contribution is -2.31. The van der Waals surface area contributed by atoms with Gasteiger partial charge in [0.1, 0.15) is 0 Å². The predicted molar refractivity (Wildman–Crippen MR) is 83.0 cm³/mol. The maximum absolute atomic E-state index is 12.4. The van der Waals surface area contributed by atoms with Crippen molar-refractivity contribution in [2.45, 2.75) is 32.6 Å². The fourth-order valence-corrected chi connectivity index (χ4v) is 2.45. The van der Waals surface area contributed by atoms with Gasteiger partial charge in [-0.25, -0.2) is 0 Å². The number of nitrogens with one attached hydrogen (secondary N) is 2. The molecule has 0 aliphatic carbocycles. The van der Waals surface area contributed by atoms with Crippen molar-refractivity contribution in [3.63, 3.8) is 0 Å². The maximum Gasteiger partial charge on any atom is 0.251 e. The van der Waals surface area contributed by atoms with E-state index in [1.165, 1.54) is 5.57 Å². The second-order valence-corrected chi connectivity index (χ2v) is 6.29. The minimum absolute atomic E-state index is 0.0231. The molecule has 1 aromatic rings. The summed E-state index contributed by atoms with van der Waals surface area (Å²) in [5.74, 6) is 0.0231. The van der Waals surface area contributed by atoms with Crippen molar-refractivity contribution in [2.75, 3.05) is 19.6 Å². The first-order valence-corrected chi connectivity index (χ1v) is 7.25. The average molecular weight is 272 g/mol. The smallest absolute Gasteiger partial charge is 0.251 e. The molecule has 2 N–H and O–H groups in total. The van der Waals surface area contributed by atoms with E-state index in [4.69, 9.17) is 0 Å². The van der Waals surface area contributed by atoms with E-state index in [0.717, 1.165) is 30.6 Å². The Labute approximate surface area is 121 Å². The third-order valence-electron chi connectivity index (χ3n) is 3.61. The third kappa shape index (κ3) is 3.70. The molecule has 1 aliphatic rings. The Bertz CT molecular complexity index is 512. The first-order chi connectivity index (χ1) is 9.48. The molecule has 0 atom stereocenters. The normalized spacial score (nSPS) is 15.7. The summed E-state index contributed by atoms with van der Waals surface area (Å²) < 4.78 is 0. The van der Waals surface area contributed by atoms with Crippen LogP contribution in [0.25, 0.3) is 0 Å². The van der Waals surface area contributed by atoms with Crippen LogP contribution in [0.2, 0.25) is 0 Å². The minimum atomic E-state index is -0.0258. The highest BCUT2D eigenvalue weighted by atomic mass is 16.1. The zero-order valence-electron chi connectivity index (χ0n) is 12.6. The standard InChI is InChI=1S/C17H24N2O/c1-17(2,3)15-7-5-4-6-14(15)16(20)19-12-13-8-10-18-11-9-13/h4-8,18H,9-12H2,1-3H3,(H,19,20). The molecule has 0 saturated carbocycles. The van der Waals surface area contributed by atoms with Crippen molar-refractivity contribution in [1.29, 1.82) is 0 Å². The summed E-state index contributed by atoms with van der Waals surface area (Å²) in [4.78, 5) is 12.4. The van der Waals surface area contributed by atoms with Crippen molar-refractivity contribution in [1.82, 2.24) is 10.6 Å². The van der Waals surface area contributed by atoms with Crippen LogP contribution in [0.4, 0.5) is 0 Å². The Morgan fingerprint density at radius 1 is 1.30 bits per heavy atom. The number of carbonyl (C=O) groups is 1. The molecule has 0 saturated heterocycles. The highest BCUT2D eigenvalue weighted by Crippen LogP contribution is 2.25. The van der Waals surface area contributed by atoms with Gasteiger partial charge in [0.2, 0.25) is 0 Å². The van der Waals surface area contributed by atoms with Crippen LogP contribution < -0.4 is 10.6 Å². The largest absolute Gasteiger partial charge is 0.348 e. The van der Waals surface area contributed by atoms with Crippen LogP contribution in [0.15, 0.2) is 35.9 Å². The lowest BCUT2D eigenvalue weighted by molar-refractivity contribution is 0.0954. The van der Waals surface area contributed by atoms with Gasteiger partial charge in [-0.15, -0.1) is 0 Å². The lowest BCUT2D eigenvalue weighted by atomic mass is 9.83. The molecule has 3 nitrogen and oxygen atoms in total. The molecular formula is C17H24N2O. The molecule has 108 valence electrons. The molecule has 1 amide bonds. The molecule has 1 aromatic carbocycles. The molecule has 0 bridgehead atoms. The van der Waals surface area contributed by atoms with Crippen molar-refractivity contribution in [2.24, 2.45) is 0 Å². The van der Waals surface area contributed by atoms with Crippen LogP contribution in [-0.2, 0) is 5.41 Å². The van der Waals surface area contributed by atoms with E-state index in [1.54, 1.807) is 0 Å². The molecule has 1 aliphatic heterocycles. The number of benzene rings is 1. The van der Waals surface area contributed by atoms with Gasteiger partial charge < -0.3 is 10.6 Å². The summed E-state index contributed by atoms with van der Waals surface area (Å²) in [7, 11) is 0. The second kappa shape index (κ2) is 6.23. The summed E-state index contributed by atoms with van der Waals surface area (Å²) in [5, 5.41) is 6.32. The van der Waals surface area contributed by atoms with Crippen molar-refractivity contribution in [3.05, 3.63) is 47.0 Å². The highest BCUT2D eigenvalue weighted by Gasteiger charge is 2.21. The Morgan fingerprint density at radius 2 is 2.05 bits per heavy atom. The van der Waals surface area contributed by atoms with E-state index >= 15 is 0 Å². The van der Waals surface area contributed by atoms with Crippen LogP contribution in [0.1, 0.15) is 43.1 Å². The van der Waals surface area contributed by atoms with Gasteiger partial charge in [0.25, 0.3) is 5.91 Å². The predicted octanol–water partition coefficient (Wildman–Crippen LogP) is 2.63. The minimum Gasteiger partial charge on any atom is -0.348 e. The number of amides is 1. The fourth-order valence-electron chi connectivity index (χ4n) is 2.45. The van der Waals surface area contributed by atoms with Gasteiger partial charge in [-0.2, -0.15) is 0 Å². The van der Waals surface area contributed by atoms with E-state index < -0.39 is 0 Å². The van der Waals surface area contributed by atoms with Crippen molar-refractivity contribution in [3.8, 4) is 0 Å². The van der Waals surface area contributed by atoms with Gasteiger partial charge in [0.05, 0.1) is 0 Å². The van der Waals surface area contributed by atoms with E-state index in [0.29, 0.717) is 6.54 Å². The zero-order valence-corrected chi connectivity index (χ0v) is 12.6. The molecule has 2 rings (SSSR count). The Kier molecular flexibility index (Phi) is 4.61. The summed E-state index contributed by atoms with van der Waals surface area (Å²) in [5.41, 5.74) is 3.17. The average Bonchev–Trinajstić information content (AvgIpc) is 2.45. The van der Waals surface area contributed by atoms with Gasteiger partial charge in [-0.1, -0.05) is 50.6 Å². The number of hydrogen-bond acceptors (Lipinski definition) is 2. The van der Waals surface area contributed by atoms with Crippen molar-refractivity contribution < 1.29 is 4.79 Å². The maximum atomic E-state index is 12.4. The van der Waals surface area contributed by atoms with E-state index in [1.807, 2.05) is 24.3 Å². The first kappa shape index (κ1) is 14.8. The molecule has 1 heterocycles. The van der Waals surface area contributed by atoms with Gasteiger partial charge >= 0.3 is 0 Å². The number of hydrogen-bond donors (Lipinski definition) is 2. The molecule has 0 spiro atoms. The molecule has 0 unspecified atom stereocenters. The number of rotatable bonds is 3. The monoisotopic (exact) mass is 272 g/mol. The highest BCUT2D eigenvalue weighted by molar-refractivity contribution is 5.96. The summed E-state index contributed by atoms with van der Waals surface area (Å²) >= 11 is 0. The van der Waals surface area contributed by atoms with Crippen LogP contribution in [0.5, 0.6) is 0 Å². The van der Waals surface area contributed by atoms with Gasteiger partial charge in [0.15, 0.2) is 0 Å². The third-order valence-corrected chi connectivity index (χ3v) is 3.61. The van der Waals surface area contributed by atoms with E-state index in [9.17, 15) is 4.79 Å². The van der Waals surface area contributed by atoms with Crippen LogP contribution in [0, 0.1) is 0 Å². The van der Waals surface area contributed by atoms with E-state index in [-0.39, 0.29) is 11.3 Å². The lowest BCUT2D eigenvalue weighted by Gasteiger charge is -2.22. The van der Waals surface area contributed by atoms with E-state index in [2.05, 4.69) is 37.5 Å². The van der Waals surface area contributed by atoms with Gasteiger partial charge in [0, 0.05) is 18.7 Å². The zero-order chi connectivity index (χ0) is 14.6. The fraction of sp³-hybridized carbons (Fsp3) is 0.471. The number of carbonyl (C=O) groups excluding carboxylic acids is 1. The topological polar surface area (TPSA) is 41.1 Å². The molecular weight excluding hydrogens is 248 g/mol. The molecule has 3 heteroatoms. The second-order valence-electron chi connectivity index (χ2n) is 6.29. The van der Waals surface area contributed by atoms with Crippen molar-refractivity contribution >= 4 is 5.91 Å². The van der Waals surface area contributed by atoms with Crippen LogP contribution in [0.3, 0.4) is 0 Å². The molecule has 0 fully saturated rings. The quantitative estimate of drug-likeness (QED) is 0.831. The Hall–Kier alpha value is -1.61. The SMILES string of the molecule is CC(C)(C)c1ccccc1C(=O)NCC1=CCNCC1. The molecule has 0 radical (unpaired) electrons. The van der Waals surface area contributed by atoms with Crippen LogP contribution in [-0.4, -0.2) is 25.5 Å². The molecule has 0 aromatic heterocycles. The van der Waals surface area contributed by atoms with Gasteiger partial charge in [-0.3, -0.25) is 4.79 Å². The molecule has 20 heavy (non-hydrogen) atoms. The first-order valence-electron chi connectivity index (χ1n) is 7.25. The Balaban J connectivity index is 2.08.